The number of rotatable bonds is 4. The quantitative estimate of drug-likeness (QED) is 0.777. The molecule has 0 aliphatic carbocycles. The van der Waals surface area contributed by atoms with Gasteiger partial charge in [0.25, 0.3) is 0 Å². The van der Waals surface area contributed by atoms with E-state index in [1.165, 1.54) is 0 Å². The Morgan fingerprint density at radius 1 is 1.00 bits per heavy atom. The van der Waals surface area contributed by atoms with Crippen molar-refractivity contribution in [1.82, 2.24) is 4.98 Å². The second-order valence-electron chi connectivity index (χ2n) is 4.88. The molecule has 0 radical (unpaired) electrons. The Morgan fingerprint density at radius 3 is 2.48 bits per heavy atom. The third kappa shape index (κ3) is 2.46. The van der Waals surface area contributed by atoms with Crippen molar-refractivity contribution in [2.24, 2.45) is 5.73 Å². The maximum atomic E-state index is 12.6. The van der Waals surface area contributed by atoms with E-state index in [0.29, 0.717) is 16.3 Å². The minimum Gasteiger partial charge on any atom is -0.361 e. The van der Waals surface area contributed by atoms with Crippen LogP contribution in [0.15, 0.2) is 64.5 Å². The number of fused-ring (bicyclic) bond motifs is 1. The summed E-state index contributed by atoms with van der Waals surface area (Å²) in [5.74, 6) is 0. The molecule has 0 saturated carbocycles. The Labute approximate surface area is 123 Å². The SMILES string of the molecule is NCCc1c[nH]c2cc(S(=O)(=O)c3ccccc3)ccc12. The molecule has 0 aliphatic rings. The summed E-state index contributed by atoms with van der Waals surface area (Å²) in [6.07, 6.45) is 2.65. The van der Waals surface area contributed by atoms with Crippen LogP contribution in [-0.4, -0.2) is 19.9 Å². The smallest absolute Gasteiger partial charge is 0.206 e. The van der Waals surface area contributed by atoms with Gasteiger partial charge in [-0.3, -0.25) is 0 Å². The monoisotopic (exact) mass is 300 g/mol. The van der Waals surface area contributed by atoms with Gasteiger partial charge >= 0.3 is 0 Å². The minimum absolute atomic E-state index is 0.294. The van der Waals surface area contributed by atoms with Crippen molar-refractivity contribution in [3.8, 4) is 0 Å². The van der Waals surface area contributed by atoms with Gasteiger partial charge in [0, 0.05) is 17.1 Å². The number of H-pyrrole nitrogens is 1. The van der Waals surface area contributed by atoms with Crippen LogP contribution in [0.3, 0.4) is 0 Å². The third-order valence-electron chi connectivity index (χ3n) is 3.52. The van der Waals surface area contributed by atoms with Gasteiger partial charge in [-0.1, -0.05) is 24.3 Å². The first kappa shape index (κ1) is 13.9. The summed E-state index contributed by atoms with van der Waals surface area (Å²) < 4.78 is 25.2. The lowest BCUT2D eigenvalue weighted by Crippen LogP contribution is -2.02. The summed E-state index contributed by atoms with van der Waals surface area (Å²) in [6.45, 7) is 0.566. The fourth-order valence-electron chi connectivity index (χ4n) is 2.43. The van der Waals surface area contributed by atoms with E-state index in [-0.39, 0.29) is 0 Å². The summed E-state index contributed by atoms with van der Waals surface area (Å²) >= 11 is 0. The molecule has 3 aromatic rings. The summed E-state index contributed by atoms with van der Waals surface area (Å²) in [5, 5.41) is 1.02. The first-order valence-electron chi connectivity index (χ1n) is 6.73. The Hall–Kier alpha value is -2.11. The highest BCUT2D eigenvalue weighted by atomic mass is 32.2. The van der Waals surface area contributed by atoms with Crippen molar-refractivity contribution >= 4 is 20.7 Å². The van der Waals surface area contributed by atoms with Gasteiger partial charge in [-0.25, -0.2) is 8.42 Å². The molecule has 3 N–H and O–H groups in total. The van der Waals surface area contributed by atoms with Gasteiger partial charge in [0.1, 0.15) is 0 Å². The average Bonchev–Trinajstić information content (AvgIpc) is 2.91. The molecular weight excluding hydrogens is 284 g/mol. The Morgan fingerprint density at radius 2 is 1.76 bits per heavy atom. The molecule has 1 heterocycles. The van der Waals surface area contributed by atoms with Gasteiger partial charge in [-0.15, -0.1) is 0 Å². The van der Waals surface area contributed by atoms with Crippen molar-refractivity contribution in [3.63, 3.8) is 0 Å². The van der Waals surface area contributed by atoms with E-state index in [1.807, 2.05) is 12.3 Å². The topological polar surface area (TPSA) is 76.0 Å². The molecule has 5 heteroatoms. The van der Waals surface area contributed by atoms with Crippen molar-refractivity contribution in [3.05, 3.63) is 60.3 Å². The predicted molar refractivity (Wildman–Crippen MR) is 83.0 cm³/mol. The Bertz CT molecular complexity index is 868. The van der Waals surface area contributed by atoms with E-state index in [9.17, 15) is 8.42 Å². The number of hydrogen-bond donors (Lipinski definition) is 2. The van der Waals surface area contributed by atoms with E-state index >= 15 is 0 Å². The van der Waals surface area contributed by atoms with Gasteiger partial charge in [0.05, 0.1) is 9.79 Å². The molecule has 0 fully saturated rings. The van der Waals surface area contributed by atoms with Crippen LogP contribution < -0.4 is 5.73 Å². The molecule has 0 unspecified atom stereocenters. The molecule has 21 heavy (non-hydrogen) atoms. The van der Waals surface area contributed by atoms with Crippen molar-refractivity contribution < 1.29 is 8.42 Å². The van der Waals surface area contributed by atoms with Crippen LogP contribution in [0.2, 0.25) is 0 Å². The van der Waals surface area contributed by atoms with E-state index < -0.39 is 9.84 Å². The summed E-state index contributed by atoms with van der Waals surface area (Å²) in [4.78, 5) is 3.71. The molecule has 0 atom stereocenters. The van der Waals surface area contributed by atoms with Gasteiger partial charge in [-0.2, -0.15) is 0 Å². The van der Waals surface area contributed by atoms with Gasteiger partial charge in [-0.05, 0) is 42.8 Å². The zero-order valence-corrected chi connectivity index (χ0v) is 12.2. The van der Waals surface area contributed by atoms with Gasteiger partial charge in [0.2, 0.25) is 9.84 Å². The van der Waals surface area contributed by atoms with Crippen LogP contribution >= 0.6 is 0 Å². The highest BCUT2D eigenvalue weighted by Gasteiger charge is 2.18. The van der Waals surface area contributed by atoms with Gasteiger partial charge < -0.3 is 10.7 Å². The Kier molecular flexibility index (Phi) is 3.53. The van der Waals surface area contributed by atoms with E-state index in [4.69, 9.17) is 5.73 Å². The number of aromatic nitrogens is 1. The highest BCUT2D eigenvalue weighted by molar-refractivity contribution is 7.91. The number of hydrogen-bond acceptors (Lipinski definition) is 3. The molecular formula is C16H16N2O2S. The standard InChI is InChI=1S/C16H16N2O2S/c17-9-8-12-11-18-16-10-14(6-7-15(12)16)21(19,20)13-4-2-1-3-5-13/h1-7,10-11,18H,8-9,17H2. The maximum absolute atomic E-state index is 12.6. The van der Waals surface area contributed by atoms with Crippen LogP contribution in [-0.2, 0) is 16.3 Å². The van der Waals surface area contributed by atoms with Crippen LogP contribution in [0.1, 0.15) is 5.56 Å². The fraction of sp³-hybridized carbons (Fsp3) is 0.125. The second kappa shape index (κ2) is 5.35. The molecule has 2 aromatic carbocycles. The number of sulfone groups is 1. The molecule has 0 bridgehead atoms. The van der Waals surface area contributed by atoms with Crippen molar-refractivity contribution in [1.29, 1.82) is 0 Å². The lowest BCUT2D eigenvalue weighted by Gasteiger charge is -2.05. The van der Waals surface area contributed by atoms with Crippen molar-refractivity contribution in [2.45, 2.75) is 16.2 Å². The number of aromatic amines is 1. The largest absolute Gasteiger partial charge is 0.361 e. The van der Waals surface area contributed by atoms with Crippen molar-refractivity contribution in [2.75, 3.05) is 6.54 Å². The van der Waals surface area contributed by atoms with E-state index in [0.717, 1.165) is 22.9 Å². The molecule has 4 nitrogen and oxygen atoms in total. The Balaban J connectivity index is 2.10. The maximum Gasteiger partial charge on any atom is 0.206 e. The lowest BCUT2D eigenvalue weighted by molar-refractivity contribution is 0.596. The van der Waals surface area contributed by atoms with E-state index in [2.05, 4.69) is 4.98 Å². The third-order valence-corrected chi connectivity index (χ3v) is 5.28. The predicted octanol–water partition coefficient (Wildman–Crippen LogP) is 2.50. The average molecular weight is 300 g/mol. The molecule has 0 amide bonds. The number of nitrogens with one attached hydrogen (secondary N) is 1. The van der Waals surface area contributed by atoms with Crippen LogP contribution in [0.4, 0.5) is 0 Å². The minimum atomic E-state index is -3.48. The molecule has 108 valence electrons. The number of nitrogens with two attached hydrogens (primary N) is 1. The molecule has 0 spiro atoms. The fourth-order valence-corrected chi connectivity index (χ4v) is 3.74. The molecule has 3 rings (SSSR count). The zero-order valence-electron chi connectivity index (χ0n) is 11.4. The van der Waals surface area contributed by atoms with Crippen LogP contribution in [0.25, 0.3) is 10.9 Å². The van der Waals surface area contributed by atoms with E-state index in [1.54, 1.807) is 42.5 Å². The van der Waals surface area contributed by atoms with Crippen LogP contribution in [0.5, 0.6) is 0 Å². The summed E-state index contributed by atoms with van der Waals surface area (Å²) in [7, 11) is -3.48. The summed E-state index contributed by atoms with van der Waals surface area (Å²) in [6, 6.07) is 13.6. The lowest BCUT2D eigenvalue weighted by atomic mass is 10.1. The first-order chi connectivity index (χ1) is 10.1. The second-order valence-corrected chi connectivity index (χ2v) is 6.83. The number of benzene rings is 2. The molecule has 0 aliphatic heterocycles. The first-order valence-corrected chi connectivity index (χ1v) is 8.21. The van der Waals surface area contributed by atoms with Gasteiger partial charge in [0.15, 0.2) is 0 Å². The molecule has 1 aromatic heterocycles. The zero-order chi connectivity index (χ0) is 14.9. The molecule has 0 saturated heterocycles. The van der Waals surface area contributed by atoms with Crippen LogP contribution in [0, 0.1) is 0 Å². The highest BCUT2D eigenvalue weighted by Crippen LogP contribution is 2.26. The normalized spacial score (nSPS) is 11.9. The summed E-state index contributed by atoms with van der Waals surface area (Å²) in [5.41, 5.74) is 7.50.